The molecule has 354 valence electrons. The van der Waals surface area contributed by atoms with Gasteiger partial charge in [0.25, 0.3) is 10.1 Å². The van der Waals surface area contributed by atoms with Gasteiger partial charge in [-0.3, -0.25) is 4.55 Å². The monoisotopic (exact) mass is 993 g/mol. The van der Waals surface area contributed by atoms with Gasteiger partial charge in [-0.05, 0) is 146 Å². The molecule has 0 heterocycles. The summed E-state index contributed by atoms with van der Waals surface area (Å²) in [6, 6.07) is 36.8. The summed E-state index contributed by atoms with van der Waals surface area (Å²) in [5.74, 6) is 1.21. The molecule has 0 saturated heterocycles. The average Bonchev–Trinajstić information content (AvgIpc) is 3.30. The first-order valence-electron chi connectivity index (χ1n) is 19.7. The summed E-state index contributed by atoms with van der Waals surface area (Å²) < 4.78 is 94.4. The topological polar surface area (TPSA) is 306 Å². The lowest BCUT2D eigenvalue weighted by atomic mass is 10.1. The van der Waals surface area contributed by atoms with Crippen LogP contribution in [0.15, 0.2) is 173 Å². The summed E-state index contributed by atoms with van der Waals surface area (Å²) in [5, 5.41) is 50.6. The summed E-state index contributed by atoms with van der Waals surface area (Å²) >= 11 is 0. The zero-order chi connectivity index (χ0) is 50.3. The number of rotatable bonds is 13. The van der Waals surface area contributed by atoms with E-state index in [4.69, 9.17) is 34.7 Å². The number of aryl methyl sites for hydroxylation is 3. The molecule has 69 heavy (non-hydrogen) atoms. The molecule has 0 aliphatic rings. The highest BCUT2D eigenvalue weighted by Gasteiger charge is 2.15. The number of aromatic hydroxyl groups is 1. The molecule has 0 aliphatic heterocycles. The Morgan fingerprint density at radius 1 is 0.493 bits per heavy atom. The second-order valence-electron chi connectivity index (χ2n) is 14.1. The number of nitrogens with one attached hydrogen (secondary N) is 1. The molecule has 21 nitrogen and oxygen atoms in total. The van der Waals surface area contributed by atoms with E-state index in [2.05, 4.69) is 46.2 Å². The Morgan fingerprint density at radius 3 is 1.55 bits per heavy atom. The number of azo groups is 4. The van der Waals surface area contributed by atoms with E-state index >= 15 is 0 Å². The molecule has 0 amide bonds. The molecule has 7 rings (SSSR count). The number of anilines is 2. The predicted molar refractivity (Wildman–Crippen MR) is 254 cm³/mol. The SMILES string of the molecule is COc1ccc(Nc2ccc3c(O)c(N=Nc4cc(C)c(N=Nc5ccc(N=Nc6ccc(N=Nc7ccccc7S(=O)(=O)O)c(C)c6)c(C)c5)cc4OC)ccc3c2)cc1.O=S(=O)=O.O=S(=O)=O. The van der Waals surface area contributed by atoms with E-state index in [1.807, 2.05) is 75.4 Å². The number of methoxy groups -OCH3 is 2. The zero-order valence-corrected chi connectivity index (χ0v) is 39.4. The fraction of sp³-hybridized carbons (Fsp3) is 0.111. The van der Waals surface area contributed by atoms with Gasteiger partial charge in [0.15, 0.2) is 5.75 Å². The predicted octanol–water partition coefficient (Wildman–Crippen LogP) is 12.1. The van der Waals surface area contributed by atoms with E-state index in [1.54, 1.807) is 61.7 Å². The minimum atomic E-state index is -4.45. The zero-order valence-electron chi connectivity index (χ0n) is 36.9. The van der Waals surface area contributed by atoms with Crippen LogP contribution in [-0.2, 0) is 31.3 Å². The molecule has 0 spiro atoms. The third-order valence-electron chi connectivity index (χ3n) is 9.43. The molecular formula is C45H39N9O12S3. The Morgan fingerprint density at radius 2 is 0.986 bits per heavy atom. The molecule has 24 heteroatoms. The van der Waals surface area contributed by atoms with Crippen molar-refractivity contribution in [3.05, 3.63) is 144 Å². The summed E-state index contributed by atoms with van der Waals surface area (Å²) in [6.45, 7) is 5.60. The van der Waals surface area contributed by atoms with Gasteiger partial charge >= 0.3 is 21.2 Å². The second-order valence-corrected chi connectivity index (χ2v) is 16.3. The van der Waals surface area contributed by atoms with Gasteiger partial charge in [-0.15, -0.1) is 40.6 Å². The Kier molecular flexibility index (Phi) is 17.8. The molecule has 0 aromatic heterocycles. The van der Waals surface area contributed by atoms with Crippen molar-refractivity contribution in [1.29, 1.82) is 0 Å². The van der Waals surface area contributed by atoms with Gasteiger partial charge in [0, 0.05) is 22.8 Å². The van der Waals surface area contributed by atoms with Crippen LogP contribution in [-0.4, -0.2) is 57.6 Å². The maximum Gasteiger partial charge on any atom is 0.425 e. The van der Waals surface area contributed by atoms with Crippen molar-refractivity contribution >= 4 is 99.0 Å². The highest BCUT2D eigenvalue weighted by Crippen LogP contribution is 2.40. The van der Waals surface area contributed by atoms with E-state index in [0.717, 1.165) is 39.2 Å². The van der Waals surface area contributed by atoms with E-state index in [-0.39, 0.29) is 16.3 Å². The number of fused-ring (bicyclic) bond motifs is 1. The van der Waals surface area contributed by atoms with Crippen molar-refractivity contribution in [3.63, 3.8) is 0 Å². The van der Waals surface area contributed by atoms with Crippen LogP contribution >= 0.6 is 0 Å². The molecule has 0 aliphatic carbocycles. The molecular weight excluding hydrogens is 955 g/mol. The first-order chi connectivity index (χ1) is 32.8. The van der Waals surface area contributed by atoms with Crippen LogP contribution in [0.5, 0.6) is 17.2 Å². The van der Waals surface area contributed by atoms with Crippen LogP contribution < -0.4 is 14.8 Å². The quantitative estimate of drug-likeness (QED) is 0.0715. The molecule has 0 unspecified atom stereocenters. The van der Waals surface area contributed by atoms with Crippen LogP contribution in [0, 0.1) is 20.8 Å². The van der Waals surface area contributed by atoms with Crippen molar-refractivity contribution in [1.82, 2.24) is 0 Å². The van der Waals surface area contributed by atoms with Gasteiger partial charge in [0.2, 0.25) is 0 Å². The molecule has 0 bridgehead atoms. The van der Waals surface area contributed by atoms with E-state index in [9.17, 15) is 18.1 Å². The van der Waals surface area contributed by atoms with Gasteiger partial charge in [0.05, 0.1) is 42.7 Å². The van der Waals surface area contributed by atoms with E-state index in [0.29, 0.717) is 50.9 Å². The molecule has 7 aromatic carbocycles. The van der Waals surface area contributed by atoms with Crippen LogP contribution in [0.4, 0.5) is 56.9 Å². The molecule has 0 fully saturated rings. The number of ether oxygens (including phenoxy) is 2. The number of benzene rings is 7. The lowest BCUT2D eigenvalue weighted by Gasteiger charge is -2.10. The van der Waals surface area contributed by atoms with Gasteiger partial charge < -0.3 is 19.9 Å². The van der Waals surface area contributed by atoms with Crippen LogP contribution in [0.25, 0.3) is 10.8 Å². The van der Waals surface area contributed by atoms with E-state index in [1.165, 1.54) is 25.3 Å². The minimum absolute atomic E-state index is 0.0102. The lowest BCUT2D eigenvalue weighted by molar-refractivity contribution is 0.415. The number of hydrogen-bond donors (Lipinski definition) is 3. The van der Waals surface area contributed by atoms with Gasteiger partial charge in [-0.2, -0.15) is 34.0 Å². The summed E-state index contributed by atoms with van der Waals surface area (Å²) in [5.41, 5.74) is 7.79. The highest BCUT2D eigenvalue weighted by atomic mass is 32.2. The van der Waals surface area contributed by atoms with Gasteiger partial charge in [-0.25, -0.2) is 0 Å². The third-order valence-corrected chi connectivity index (χ3v) is 10.3. The Bertz CT molecular complexity index is 3460. The van der Waals surface area contributed by atoms with E-state index < -0.39 is 31.3 Å². The van der Waals surface area contributed by atoms with Crippen LogP contribution in [0.1, 0.15) is 16.7 Å². The highest BCUT2D eigenvalue weighted by molar-refractivity contribution is 7.86. The smallest absolute Gasteiger partial charge is 0.425 e. The maximum absolute atomic E-state index is 11.7. The summed E-state index contributed by atoms with van der Waals surface area (Å²) in [7, 11) is -7.51. The van der Waals surface area contributed by atoms with Crippen molar-refractivity contribution < 1.29 is 52.8 Å². The third kappa shape index (κ3) is 15.0. The molecule has 7 aromatic rings. The van der Waals surface area contributed by atoms with Crippen molar-refractivity contribution in [3.8, 4) is 17.2 Å². The Hall–Kier alpha value is -8.45. The summed E-state index contributed by atoms with van der Waals surface area (Å²) in [6.07, 6.45) is 0. The van der Waals surface area contributed by atoms with Crippen molar-refractivity contribution in [2.45, 2.75) is 25.7 Å². The Balaban J connectivity index is 0.00000103. The van der Waals surface area contributed by atoms with Gasteiger partial charge in [-0.1, -0.05) is 18.2 Å². The fourth-order valence-corrected chi connectivity index (χ4v) is 6.76. The van der Waals surface area contributed by atoms with Crippen molar-refractivity contribution in [2.24, 2.45) is 40.9 Å². The largest absolute Gasteiger partial charge is 0.505 e. The standard InChI is InChI=1S/C45H39N9O6S.2O3S/c1-27-22-34(14-20-37(27)49-47-33-15-21-38(28(2)23-33)50-51-39-8-6-7-9-44(39)61(56,57)58)48-53-41-26-43(60-5)42(24-29(41)3)54-52-40-19-10-30-25-32(13-18-36(30)45(40)55)46-31-11-16-35(59-4)17-12-31;2*1-4(2)3/h6-26,46,55H,1-5H3,(H,56,57,58);;. The molecule has 0 saturated carbocycles. The Labute approximate surface area is 397 Å². The van der Waals surface area contributed by atoms with Crippen LogP contribution in [0.3, 0.4) is 0 Å². The number of phenols is 1. The fourth-order valence-electron chi connectivity index (χ4n) is 6.14. The molecule has 0 atom stereocenters. The number of hydrogen-bond acceptors (Lipinski definition) is 20. The number of phenolic OH excluding ortho intramolecular Hbond substituents is 1. The minimum Gasteiger partial charge on any atom is -0.505 e. The van der Waals surface area contributed by atoms with Crippen LogP contribution in [0.2, 0.25) is 0 Å². The second kappa shape index (κ2) is 23.8. The first kappa shape index (κ1) is 51.5. The molecule has 0 radical (unpaired) electrons. The normalized spacial score (nSPS) is 11.3. The van der Waals surface area contributed by atoms with Crippen molar-refractivity contribution in [2.75, 3.05) is 19.5 Å². The van der Waals surface area contributed by atoms with Gasteiger partial charge in [0.1, 0.15) is 33.5 Å². The lowest BCUT2D eigenvalue weighted by Crippen LogP contribution is -1.97. The average molecular weight is 994 g/mol. The summed E-state index contributed by atoms with van der Waals surface area (Å²) in [4.78, 5) is -0.329. The number of nitrogens with zero attached hydrogens (tertiary/aromatic N) is 8. The maximum atomic E-state index is 11.7. The first-order valence-corrected chi connectivity index (χ1v) is 23.1. The molecule has 3 N–H and O–H groups in total.